The maximum atomic E-state index is 10.7. The monoisotopic (exact) mass is 259 g/mol. The van der Waals surface area contributed by atoms with Crippen LogP contribution < -0.4 is 0 Å². The van der Waals surface area contributed by atoms with Gasteiger partial charge in [-0.25, -0.2) is 4.79 Å². The molecular weight excluding hydrogens is 254 g/mol. The highest BCUT2D eigenvalue weighted by atomic mass is 79.9. The summed E-state index contributed by atoms with van der Waals surface area (Å²) in [7, 11) is 0. The first-order valence-electron chi connectivity index (χ1n) is 3.61. The highest BCUT2D eigenvalue weighted by molar-refractivity contribution is 9.10. The van der Waals surface area contributed by atoms with E-state index in [0.717, 1.165) is 0 Å². The van der Waals surface area contributed by atoms with Gasteiger partial charge < -0.3 is 5.11 Å². The fourth-order valence-electron chi connectivity index (χ4n) is 1.04. The van der Waals surface area contributed by atoms with Gasteiger partial charge in [0, 0.05) is 6.07 Å². The van der Waals surface area contributed by atoms with E-state index in [2.05, 4.69) is 15.9 Å². The van der Waals surface area contributed by atoms with Crippen LogP contribution in [0.15, 0.2) is 16.6 Å². The minimum Gasteiger partial charge on any atom is -0.478 e. The summed E-state index contributed by atoms with van der Waals surface area (Å²) < 4.78 is 0.172. The molecule has 0 saturated carbocycles. The average molecular weight is 260 g/mol. The molecule has 0 unspecified atom stereocenters. The second kappa shape index (κ2) is 3.75. The Morgan fingerprint density at radius 3 is 2.57 bits per heavy atom. The van der Waals surface area contributed by atoms with Gasteiger partial charge in [-0.15, -0.1) is 0 Å². The fourth-order valence-corrected chi connectivity index (χ4v) is 1.52. The Morgan fingerprint density at radius 1 is 1.57 bits per heavy atom. The molecule has 14 heavy (non-hydrogen) atoms. The van der Waals surface area contributed by atoms with Gasteiger partial charge in [-0.05, 0) is 34.5 Å². The number of hydrogen-bond acceptors (Lipinski definition) is 3. The van der Waals surface area contributed by atoms with Crippen LogP contribution >= 0.6 is 15.9 Å². The summed E-state index contributed by atoms with van der Waals surface area (Å²) in [4.78, 5) is 20.6. The molecule has 1 N–H and O–H groups in total. The zero-order valence-corrected chi connectivity index (χ0v) is 8.74. The molecule has 0 aliphatic heterocycles. The number of carboxylic acids is 1. The van der Waals surface area contributed by atoms with E-state index in [1.54, 1.807) is 0 Å². The van der Waals surface area contributed by atoms with E-state index in [1.807, 2.05) is 0 Å². The number of hydrogen-bond donors (Lipinski definition) is 1. The third kappa shape index (κ3) is 1.90. The number of carboxylic acid groups (broad SMARTS) is 1. The molecule has 74 valence electrons. The van der Waals surface area contributed by atoms with Gasteiger partial charge in [0.05, 0.1) is 15.0 Å². The SMILES string of the molecule is Cc1cc([N+](=O)[O-])c(Br)cc1C(=O)O. The van der Waals surface area contributed by atoms with Crippen molar-refractivity contribution >= 4 is 27.6 Å². The Morgan fingerprint density at radius 2 is 2.14 bits per heavy atom. The normalized spacial score (nSPS) is 9.86. The summed E-state index contributed by atoms with van der Waals surface area (Å²) >= 11 is 2.95. The molecule has 0 aromatic heterocycles. The highest BCUT2D eigenvalue weighted by Gasteiger charge is 2.17. The topological polar surface area (TPSA) is 80.4 Å². The van der Waals surface area contributed by atoms with E-state index in [0.29, 0.717) is 5.56 Å². The molecule has 1 aromatic rings. The van der Waals surface area contributed by atoms with Crippen LogP contribution in [0.2, 0.25) is 0 Å². The molecule has 0 heterocycles. The molecule has 0 bridgehead atoms. The van der Waals surface area contributed by atoms with Crippen molar-refractivity contribution in [2.24, 2.45) is 0 Å². The Balaban J connectivity index is 3.38. The number of aryl methyl sites for hydroxylation is 1. The van der Waals surface area contributed by atoms with Crippen molar-refractivity contribution in [2.75, 3.05) is 0 Å². The van der Waals surface area contributed by atoms with Crippen molar-refractivity contribution in [1.29, 1.82) is 0 Å². The number of rotatable bonds is 2. The van der Waals surface area contributed by atoms with Gasteiger partial charge in [0.25, 0.3) is 5.69 Å². The number of nitrogens with zero attached hydrogens (tertiary/aromatic N) is 1. The number of nitro benzene ring substituents is 1. The molecule has 0 fully saturated rings. The maximum Gasteiger partial charge on any atom is 0.335 e. The smallest absolute Gasteiger partial charge is 0.335 e. The van der Waals surface area contributed by atoms with E-state index < -0.39 is 10.9 Å². The Hall–Kier alpha value is -1.43. The number of benzene rings is 1. The minimum absolute atomic E-state index is 0.0578. The maximum absolute atomic E-state index is 10.7. The van der Waals surface area contributed by atoms with Crippen LogP contribution in [0.5, 0.6) is 0 Å². The molecule has 0 aliphatic carbocycles. The van der Waals surface area contributed by atoms with E-state index in [9.17, 15) is 14.9 Å². The van der Waals surface area contributed by atoms with Crippen molar-refractivity contribution in [3.05, 3.63) is 37.8 Å². The Bertz CT molecular complexity index is 376. The number of nitro groups is 1. The highest BCUT2D eigenvalue weighted by Crippen LogP contribution is 2.28. The largest absolute Gasteiger partial charge is 0.478 e. The number of halogens is 1. The molecule has 0 radical (unpaired) electrons. The van der Waals surface area contributed by atoms with E-state index in [4.69, 9.17) is 5.11 Å². The first-order valence-corrected chi connectivity index (χ1v) is 4.40. The third-order valence-corrected chi connectivity index (χ3v) is 2.36. The molecule has 1 aromatic carbocycles. The lowest BCUT2D eigenvalue weighted by atomic mass is 10.1. The van der Waals surface area contributed by atoms with Crippen LogP contribution in [0, 0.1) is 17.0 Å². The van der Waals surface area contributed by atoms with Gasteiger partial charge in [0.1, 0.15) is 0 Å². The first kappa shape index (κ1) is 10.6. The zero-order chi connectivity index (χ0) is 10.9. The van der Waals surface area contributed by atoms with Gasteiger partial charge in [-0.3, -0.25) is 10.1 Å². The fraction of sp³-hybridized carbons (Fsp3) is 0.125. The molecule has 0 aliphatic rings. The minimum atomic E-state index is -1.10. The van der Waals surface area contributed by atoms with E-state index in [-0.39, 0.29) is 15.7 Å². The predicted octanol–water partition coefficient (Wildman–Crippen LogP) is 2.36. The lowest BCUT2D eigenvalue weighted by Crippen LogP contribution is -2.01. The third-order valence-electron chi connectivity index (χ3n) is 1.72. The van der Waals surface area contributed by atoms with Gasteiger partial charge in [0.15, 0.2) is 0 Å². The first-order chi connectivity index (χ1) is 6.43. The standard InChI is InChI=1S/C8H6BrNO4/c1-4-2-7(10(13)14)6(9)3-5(4)8(11)12/h2-3H,1H3,(H,11,12). The van der Waals surface area contributed by atoms with Crippen LogP contribution in [0.1, 0.15) is 15.9 Å². The molecule has 6 heteroatoms. The summed E-state index contributed by atoms with van der Waals surface area (Å²) in [6, 6.07) is 2.46. The van der Waals surface area contributed by atoms with E-state index >= 15 is 0 Å². The van der Waals surface area contributed by atoms with Gasteiger partial charge in [0.2, 0.25) is 0 Å². The van der Waals surface area contributed by atoms with Crippen LogP contribution in [-0.4, -0.2) is 16.0 Å². The van der Waals surface area contributed by atoms with E-state index in [1.165, 1.54) is 19.1 Å². The molecule has 5 nitrogen and oxygen atoms in total. The van der Waals surface area contributed by atoms with Crippen molar-refractivity contribution in [3.63, 3.8) is 0 Å². The summed E-state index contributed by atoms with van der Waals surface area (Å²) in [5.41, 5.74) is 0.294. The summed E-state index contributed by atoms with van der Waals surface area (Å²) in [6.07, 6.45) is 0. The van der Waals surface area contributed by atoms with Crippen LogP contribution in [-0.2, 0) is 0 Å². The van der Waals surface area contributed by atoms with Crippen LogP contribution in [0.3, 0.4) is 0 Å². The summed E-state index contributed by atoms with van der Waals surface area (Å²) in [5.74, 6) is -1.10. The van der Waals surface area contributed by atoms with Crippen molar-refractivity contribution in [1.82, 2.24) is 0 Å². The average Bonchev–Trinajstić information content (AvgIpc) is 2.07. The van der Waals surface area contributed by atoms with Gasteiger partial charge in [-0.2, -0.15) is 0 Å². The second-order valence-corrected chi connectivity index (χ2v) is 3.54. The second-order valence-electron chi connectivity index (χ2n) is 2.68. The lowest BCUT2D eigenvalue weighted by molar-refractivity contribution is -0.385. The van der Waals surface area contributed by atoms with Gasteiger partial charge >= 0.3 is 5.97 Å². The summed E-state index contributed by atoms with van der Waals surface area (Å²) in [5, 5.41) is 19.2. The molecule has 0 amide bonds. The predicted molar refractivity (Wildman–Crippen MR) is 52.5 cm³/mol. The Kier molecular flexibility index (Phi) is 2.85. The molecule has 0 saturated heterocycles. The molecular formula is C8H6BrNO4. The quantitative estimate of drug-likeness (QED) is 0.653. The van der Waals surface area contributed by atoms with Gasteiger partial charge in [-0.1, -0.05) is 0 Å². The van der Waals surface area contributed by atoms with Crippen LogP contribution in [0.25, 0.3) is 0 Å². The molecule has 1 rings (SSSR count). The van der Waals surface area contributed by atoms with Crippen molar-refractivity contribution in [3.8, 4) is 0 Å². The number of aromatic carboxylic acids is 1. The Labute approximate surface area is 87.6 Å². The summed E-state index contributed by atoms with van der Waals surface area (Å²) in [6.45, 7) is 1.52. The molecule has 0 spiro atoms. The van der Waals surface area contributed by atoms with Crippen molar-refractivity contribution < 1.29 is 14.8 Å². The lowest BCUT2D eigenvalue weighted by Gasteiger charge is -2.01. The van der Waals surface area contributed by atoms with Crippen molar-refractivity contribution in [2.45, 2.75) is 6.92 Å². The zero-order valence-electron chi connectivity index (χ0n) is 7.15. The van der Waals surface area contributed by atoms with Crippen LogP contribution in [0.4, 0.5) is 5.69 Å². The number of carbonyl (C=O) groups is 1. The molecule has 0 atom stereocenters.